The summed E-state index contributed by atoms with van der Waals surface area (Å²) in [6.07, 6.45) is 0. The van der Waals surface area contributed by atoms with Crippen LogP contribution in [0.4, 0.5) is 5.69 Å². The zero-order valence-corrected chi connectivity index (χ0v) is 14.7. The molecule has 138 valence electrons. The summed E-state index contributed by atoms with van der Waals surface area (Å²) in [6.45, 7) is 1.77. The minimum atomic E-state index is -0.730. The molecule has 1 aromatic heterocycles. The van der Waals surface area contributed by atoms with Crippen molar-refractivity contribution in [1.29, 1.82) is 5.26 Å². The maximum atomic E-state index is 11.2. The average molecular weight is 374 g/mol. The Hall–Kier alpha value is -4.12. The molecule has 28 heavy (non-hydrogen) atoms. The number of nitro groups is 1. The van der Waals surface area contributed by atoms with Crippen LogP contribution in [0.15, 0.2) is 66.1 Å². The van der Waals surface area contributed by atoms with Crippen LogP contribution < -0.4 is 4.74 Å². The molecule has 0 spiro atoms. The molecule has 8 nitrogen and oxygen atoms in total. The number of aliphatic hydroxyl groups is 1. The molecule has 0 unspecified atom stereocenters. The predicted molar refractivity (Wildman–Crippen MR) is 99.1 cm³/mol. The van der Waals surface area contributed by atoms with E-state index in [-0.39, 0.29) is 17.1 Å². The first-order valence-electron chi connectivity index (χ1n) is 8.41. The minimum absolute atomic E-state index is 0.0243. The topological polar surface area (TPSA) is 114 Å². The van der Waals surface area contributed by atoms with Gasteiger partial charge in [0.25, 0.3) is 11.6 Å². The second kappa shape index (κ2) is 6.55. The Morgan fingerprint density at radius 2 is 2.00 bits per heavy atom. The number of aliphatic hydroxyl groups excluding tert-OH is 1. The normalized spacial score (nSPS) is 15.5. The second-order valence-electron chi connectivity index (χ2n) is 6.27. The average Bonchev–Trinajstić information content (AvgIpc) is 3.03. The number of hydrogen-bond acceptors (Lipinski definition) is 6. The molecule has 0 bridgehead atoms. The van der Waals surface area contributed by atoms with Gasteiger partial charge in [-0.15, -0.1) is 0 Å². The molecule has 8 heteroatoms. The number of fused-ring (bicyclic) bond motifs is 1. The van der Waals surface area contributed by atoms with E-state index in [1.165, 1.54) is 12.1 Å². The summed E-state index contributed by atoms with van der Waals surface area (Å²) < 4.78 is 7.09. The van der Waals surface area contributed by atoms with E-state index in [0.717, 1.165) is 5.69 Å². The molecule has 0 amide bonds. The number of ether oxygens (including phenoxy) is 1. The molecule has 1 aliphatic rings. The van der Waals surface area contributed by atoms with Gasteiger partial charge in [-0.1, -0.05) is 30.3 Å². The van der Waals surface area contributed by atoms with Crippen LogP contribution in [0.5, 0.6) is 5.88 Å². The van der Waals surface area contributed by atoms with Gasteiger partial charge < -0.3 is 9.84 Å². The molecule has 2 heterocycles. The van der Waals surface area contributed by atoms with Crippen LogP contribution in [0.2, 0.25) is 0 Å². The van der Waals surface area contributed by atoms with Crippen LogP contribution >= 0.6 is 0 Å². The number of aryl methyl sites for hydroxylation is 1. The van der Waals surface area contributed by atoms with Crippen molar-refractivity contribution in [3.05, 3.63) is 93.1 Å². The van der Waals surface area contributed by atoms with Gasteiger partial charge in [0.2, 0.25) is 5.88 Å². The summed E-state index contributed by atoms with van der Waals surface area (Å²) in [6, 6.07) is 17.2. The molecule has 4 rings (SSSR count). The van der Waals surface area contributed by atoms with Crippen molar-refractivity contribution in [2.45, 2.75) is 12.8 Å². The van der Waals surface area contributed by atoms with Gasteiger partial charge in [-0.2, -0.15) is 10.4 Å². The Bertz CT molecular complexity index is 1160. The summed E-state index contributed by atoms with van der Waals surface area (Å²) in [5.74, 6) is -0.994. The van der Waals surface area contributed by atoms with E-state index < -0.39 is 16.8 Å². The maximum absolute atomic E-state index is 11.2. The fourth-order valence-electron chi connectivity index (χ4n) is 3.37. The van der Waals surface area contributed by atoms with E-state index in [4.69, 9.17) is 4.74 Å². The number of benzene rings is 2. The standard InChI is InChI=1S/C20H14N4O4/c1-12-17-18(13-6-5-9-15(10-13)24(26)27)16(11-21)20(25)28-19(17)23(22-12)14-7-3-2-4-8-14/h2-10,18,25H,1H3/t18-/m1/s1. The molecule has 2 aromatic carbocycles. The first kappa shape index (κ1) is 17.3. The monoisotopic (exact) mass is 374 g/mol. The van der Waals surface area contributed by atoms with E-state index in [1.54, 1.807) is 23.7 Å². The van der Waals surface area contributed by atoms with E-state index in [0.29, 0.717) is 16.8 Å². The number of nitriles is 1. The number of non-ortho nitro benzene ring substituents is 1. The van der Waals surface area contributed by atoms with Crippen molar-refractivity contribution >= 4 is 5.69 Å². The molecule has 0 fully saturated rings. The van der Waals surface area contributed by atoms with Crippen molar-refractivity contribution in [2.24, 2.45) is 0 Å². The summed E-state index contributed by atoms with van der Waals surface area (Å²) in [5.41, 5.74) is 2.27. The van der Waals surface area contributed by atoms with Crippen LogP contribution in [-0.2, 0) is 0 Å². The Morgan fingerprint density at radius 3 is 2.68 bits per heavy atom. The van der Waals surface area contributed by atoms with Crippen LogP contribution in [0.1, 0.15) is 22.7 Å². The van der Waals surface area contributed by atoms with Gasteiger partial charge in [0, 0.05) is 12.1 Å². The summed E-state index contributed by atoms with van der Waals surface area (Å²) in [4.78, 5) is 10.7. The molecule has 0 radical (unpaired) electrons. The van der Waals surface area contributed by atoms with E-state index in [2.05, 4.69) is 5.10 Å². The largest absolute Gasteiger partial charge is 0.480 e. The SMILES string of the molecule is Cc1nn(-c2ccccc2)c2c1[C@H](c1cccc([N+](=O)[O-])c1)C(C#N)=C(O)O2. The van der Waals surface area contributed by atoms with Crippen LogP contribution in [0.3, 0.4) is 0 Å². The smallest absolute Gasteiger partial charge is 0.298 e. The molecule has 0 saturated carbocycles. The van der Waals surface area contributed by atoms with Crippen molar-refractivity contribution in [1.82, 2.24) is 9.78 Å². The van der Waals surface area contributed by atoms with Gasteiger partial charge in [0.1, 0.15) is 11.6 Å². The van der Waals surface area contributed by atoms with E-state index in [1.807, 2.05) is 36.4 Å². The van der Waals surface area contributed by atoms with Crippen molar-refractivity contribution in [3.8, 4) is 17.6 Å². The lowest BCUT2D eigenvalue weighted by Gasteiger charge is -2.23. The highest BCUT2D eigenvalue weighted by Gasteiger charge is 2.37. The van der Waals surface area contributed by atoms with Gasteiger partial charge in [-0.3, -0.25) is 10.1 Å². The van der Waals surface area contributed by atoms with Gasteiger partial charge in [-0.05, 0) is 24.6 Å². The quantitative estimate of drug-likeness (QED) is 0.549. The van der Waals surface area contributed by atoms with E-state index >= 15 is 0 Å². The molecule has 0 saturated heterocycles. The lowest BCUT2D eigenvalue weighted by atomic mass is 9.84. The van der Waals surface area contributed by atoms with Gasteiger partial charge in [-0.25, -0.2) is 4.68 Å². The number of hydrogen-bond donors (Lipinski definition) is 1. The Kier molecular flexibility index (Phi) is 4.05. The highest BCUT2D eigenvalue weighted by Crippen LogP contribution is 2.45. The lowest BCUT2D eigenvalue weighted by molar-refractivity contribution is -0.384. The zero-order chi connectivity index (χ0) is 19.8. The molecule has 1 aliphatic heterocycles. The van der Waals surface area contributed by atoms with Gasteiger partial charge in [0.05, 0.1) is 27.8 Å². The van der Waals surface area contributed by atoms with Crippen LogP contribution in [0.25, 0.3) is 5.69 Å². The number of nitrogens with zero attached hydrogens (tertiary/aromatic N) is 4. The molecular formula is C20H14N4O4. The molecule has 0 aliphatic carbocycles. The highest BCUT2D eigenvalue weighted by atomic mass is 16.6. The zero-order valence-electron chi connectivity index (χ0n) is 14.7. The van der Waals surface area contributed by atoms with Crippen molar-refractivity contribution in [2.75, 3.05) is 0 Å². The molecule has 3 aromatic rings. The molecular weight excluding hydrogens is 360 g/mol. The fraction of sp³-hybridized carbons (Fsp3) is 0.100. The number of aromatic nitrogens is 2. The third-order valence-corrected chi connectivity index (χ3v) is 4.60. The molecule has 1 N–H and O–H groups in total. The Balaban J connectivity index is 1.96. The third-order valence-electron chi connectivity index (χ3n) is 4.60. The predicted octanol–water partition coefficient (Wildman–Crippen LogP) is 3.91. The fourth-order valence-corrected chi connectivity index (χ4v) is 3.37. The number of nitro benzene ring substituents is 1. The van der Waals surface area contributed by atoms with Crippen LogP contribution in [-0.4, -0.2) is 19.8 Å². The summed E-state index contributed by atoms with van der Waals surface area (Å²) in [7, 11) is 0. The maximum Gasteiger partial charge on any atom is 0.298 e. The third kappa shape index (κ3) is 2.66. The first-order chi connectivity index (χ1) is 13.5. The molecule has 1 atom stereocenters. The summed E-state index contributed by atoms with van der Waals surface area (Å²) >= 11 is 0. The Labute approximate surface area is 159 Å². The minimum Gasteiger partial charge on any atom is -0.480 e. The van der Waals surface area contributed by atoms with E-state index in [9.17, 15) is 20.5 Å². The number of para-hydroxylation sites is 1. The Morgan fingerprint density at radius 1 is 1.25 bits per heavy atom. The summed E-state index contributed by atoms with van der Waals surface area (Å²) in [5, 5.41) is 35.7. The first-order valence-corrected chi connectivity index (χ1v) is 8.41. The van der Waals surface area contributed by atoms with Crippen LogP contribution in [0, 0.1) is 28.4 Å². The second-order valence-corrected chi connectivity index (χ2v) is 6.27. The number of allylic oxidation sites excluding steroid dienone is 1. The van der Waals surface area contributed by atoms with Gasteiger partial charge >= 0.3 is 0 Å². The van der Waals surface area contributed by atoms with Crippen molar-refractivity contribution in [3.63, 3.8) is 0 Å². The highest BCUT2D eigenvalue weighted by molar-refractivity contribution is 5.57. The number of rotatable bonds is 3. The van der Waals surface area contributed by atoms with Crippen molar-refractivity contribution < 1.29 is 14.8 Å². The van der Waals surface area contributed by atoms with Gasteiger partial charge in [0.15, 0.2) is 0 Å². The lowest BCUT2D eigenvalue weighted by Crippen LogP contribution is -2.17.